The van der Waals surface area contributed by atoms with Gasteiger partial charge in [-0.1, -0.05) is 68.4 Å². The van der Waals surface area contributed by atoms with Crippen molar-refractivity contribution in [2.45, 2.75) is 38.3 Å². The van der Waals surface area contributed by atoms with Gasteiger partial charge in [0.25, 0.3) is 15.7 Å². The van der Waals surface area contributed by atoms with Gasteiger partial charge in [0.05, 0.1) is 15.5 Å². The molecule has 3 rings (SSSR count). The highest BCUT2D eigenvalue weighted by Crippen LogP contribution is 2.27. The van der Waals surface area contributed by atoms with Crippen LogP contribution in [0, 0.1) is 16.0 Å². The summed E-state index contributed by atoms with van der Waals surface area (Å²) in [6, 6.07) is 20.7. The molecular formula is C28H32N4O6S. The van der Waals surface area contributed by atoms with E-state index >= 15 is 0 Å². The zero-order valence-electron chi connectivity index (χ0n) is 22.1. The van der Waals surface area contributed by atoms with Crippen molar-refractivity contribution in [3.63, 3.8) is 0 Å². The standard InChI is InChI=1S/C28H32N4O6S/c1-21(2)18-29-28(34)22(3)30(19-23-11-6-4-7-12-23)27(33)20-31(24-13-10-14-25(17-24)32(35)36)39(37,38)26-15-8-5-9-16-26/h4-17,21-22H,18-20H2,1-3H3,(H,29,34). The molecule has 0 saturated carbocycles. The number of carbonyl (C=O) groups is 2. The molecule has 2 amide bonds. The van der Waals surface area contributed by atoms with E-state index in [2.05, 4.69) is 5.32 Å². The molecule has 1 atom stereocenters. The number of benzene rings is 3. The SMILES string of the molecule is CC(C)CNC(=O)C(C)N(Cc1ccccc1)C(=O)CN(c1cccc([N+](=O)[O-])c1)S(=O)(=O)c1ccccc1. The van der Waals surface area contributed by atoms with Crippen molar-refractivity contribution in [1.29, 1.82) is 0 Å². The van der Waals surface area contributed by atoms with Gasteiger partial charge in [-0.25, -0.2) is 8.42 Å². The molecular weight excluding hydrogens is 520 g/mol. The molecule has 206 valence electrons. The topological polar surface area (TPSA) is 130 Å². The second-order valence-electron chi connectivity index (χ2n) is 9.42. The Balaban J connectivity index is 2.03. The maximum absolute atomic E-state index is 13.8. The maximum atomic E-state index is 13.8. The average Bonchev–Trinajstić information content (AvgIpc) is 2.93. The minimum atomic E-state index is -4.30. The molecule has 1 N–H and O–H groups in total. The summed E-state index contributed by atoms with van der Waals surface area (Å²) in [5.74, 6) is -0.822. The van der Waals surface area contributed by atoms with Crippen molar-refractivity contribution in [2.75, 3.05) is 17.4 Å². The van der Waals surface area contributed by atoms with E-state index in [1.165, 1.54) is 35.2 Å². The summed E-state index contributed by atoms with van der Waals surface area (Å²) < 4.78 is 28.3. The number of hydrogen-bond acceptors (Lipinski definition) is 6. The molecule has 0 aliphatic carbocycles. The van der Waals surface area contributed by atoms with E-state index < -0.39 is 33.4 Å². The van der Waals surface area contributed by atoms with Crippen LogP contribution in [0.5, 0.6) is 0 Å². The highest BCUT2D eigenvalue weighted by molar-refractivity contribution is 7.92. The van der Waals surface area contributed by atoms with Crippen LogP contribution in [0.15, 0.2) is 89.8 Å². The summed E-state index contributed by atoms with van der Waals surface area (Å²) in [7, 11) is -4.30. The molecule has 3 aromatic rings. The summed E-state index contributed by atoms with van der Waals surface area (Å²) in [6.07, 6.45) is 0. The Morgan fingerprint density at radius 1 is 0.923 bits per heavy atom. The zero-order valence-corrected chi connectivity index (χ0v) is 22.9. The lowest BCUT2D eigenvalue weighted by Crippen LogP contribution is -2.51. The Kier molecular flexibility index (Phi) is 9.78. The fraction of sp³-hybridized carbons (Fsp3) is 0.286. The molecule has 0 saturated heterocycles. The van der Waals surface area contributed by atoms with Crippen LogP contribution in [0.1, 0.15) is 26.3 Å². The summed E-state index contributed by atoms with van der Waals surface area (Å²) in [4.78, 5) is 38.8. The summed E-state index contributed by atoms with van der Waals surface area (Å²) in [5.41, 5.74) is 0.385. The van der Waals surface area contributed by atoms with Gasteiger partial charge in [-0.3, -0.25) is 24.0 Å². The van der Waals surface area contributed by atoms with Crippen LogP contribution in [0.3, 0.4) is 0 Å². The van der Waals surface area contributed by atoms with Gasteiger partial charge in [-0.15, -0.1) is 0 Å². The van der Waals surface area contributed by atoms with Crippen molar-refractivity contribution < 1.29 is 22.9 Å². The Morgan fingerprint density at radius 2 is 1.54 bits per heavy atom. The lowest BCUT2D eigenvalue weighted by Gasteiger charge is -2.32. The van der Waals surface area contributed by atoms with Gasteiger partial charge in [0.15, 0.2) is 0 Å². The predicted molar refractivity (Wildman–Crippen MR) is 148 cm³/mol. The first-order valence-electron chi connectivity index (χ1n) is 12.4. The fourth-order valence-corrected chi connectivity index (χ4v) is 5.25. The van der Waals surface area contributed by atoms with E-state index in [0.717, 1.165) is 15.9 Å². The number of nitro groups is 1. The number of amides is 2. The average molecular weight is 553 g/mol. The first-order chi connectivity index (χ1) is 18.5. The highest BCUT2D eigenvalue weighted by atomic mass is 32.2. The number of rotatable bonds is 12. The normalized spacial score (nSPS) is 12.0. The number of non-ortho nitro benzene ring substituents is 1. The second kappa shape index (κ2) is 13.0. The van der Waals surface area contributed by atoms with Crippen molar-refractivity contribution in [2.24, 2.45) is 5.92 Å². The van der Waals surface area contributed by atoms with E-state index in [-0.39, 0.29) is 34.6 Å². The number of hydrogen-bond donors (Lipinski definition) is 1. The van der Waals surface area contributed by atoms with Gasteiger partial charge in [0.2, 0.25) is 11.8 Å². The van der Waals surface area contributed by atoms with Crippen LogP contribution in [0.4, 0.5) is 11.4 Å². The van der Waals surface area contributed by atoms with Crippen LogP contribution in [-0.2, 0) is 26.2 Å². The minimum Gasteiger partial charge on any atom is -0.354 e. The van der Waals surface area contributed by atoms with E-state index in [1.54, 1.807) is 49.4 Å². The molecule has 0 bridgehead atoms. The molecule has 0 aliphatic rings. The van der Waals surface area contributed by atoms with Crippen LogP contribution < -0.4 is 9.62 Å². The Hall–Kier alpha value is -4.25. The van der Waals surface area contributed by atoms with Crippen LogP contribution in [0.2, 0.25) is 0 Å². The molecule has 3 aromatic carbocycles. The predicted octanol–water partition coefficient (Wildman–Crippen LogP) is 3.98. The lowest BCUT2D eigenvalue weighted by atomic mass is 10.1. The summed E-state index contributed by atoms with van der Waals surface area (Å²) >= 11 is 0. The monoisotopic (exact) mass is 552 g/mol. The van der Waals surface area contributed by atoms with E-state index in [1.807, 2.05) is 19.9 Å². The van der Waals surface area contributed by atoms with Gasteiger partial charge >= 0.3 is 0 Å². The van der Waals surface area contributed by atoms with Crippen molar-refractivity contribution in [3.8, 4) is 0 Å². The minimum absolute atomic E-state index is 0.0435. The number of nitrogens with zero attached hydrogens (tertiary/aromatic N) is 3. The first kappa shape index (κ1) is 29.3. The molecule has 11 heteroatoms. The van der Waals surface area contributed by atoms with Gasteiger partial charge in [-0.2, -0.15) is 0 Å². The Bertz CT molecular complexity index is 1400. The molecule has 1 unspecified atom stereocenters. The van der Waals surface area contributed by atoms with E-state index in [0.29, 0.717) is 6.54 Å². The Labute approximate surface area is 228 Å². The Morgan fingerprint density at radius 3 is 2.13 bits per heavy atom. The molecule has 39 heavy (non-hydrogen) atoms. The highest BCUT2D eigenvalue weighted by Gasteiger charge is 2.33. The number of nitro benzene ring substituents is 1. The quantitative estimate of drug-likeness (QED) is 0.267. The third-order valence-electron chi connectivity index (χ3n) is 5.99. The smallest absolute Gasteiger partial charge is 0.271 e. The number of sulfonamides is 1. The van der Waals surface area contributed by atoms with Gasteiger partial charge < -0.3 is 10.2 Å². The van der Waals surface area contributed by atoms with Gasteiger partial charge in [-0.05, 0) is 36.6 Å². The largest absolute Gasteiger partial charge is 0.354 e. The molecule has 10 nitrogen and oxygen atoms in total. The number of carbonyl (C=O) groups excluding carboxylic acids is 2. The third kappa shape index (κ3) is 7.64. The second-order valence-corrected chi connectivity index (χ2v) is 11.3. The van der Waals surface area contributed by atoms with Gasteiger partial charge in [0, 0.05) is 25.2 Å². The third-order valence-corrected chi connectivity index (χ3v) is 7.77. The summed E-state index contributed by atoms with van der Waals surface area (Å²) in [6.45, 7) is 5.28. The lowest BCUT2D eigenvalue weighted by molar-refractivity contribution is -0.384. The number of anilines is 1. The number of nitrogens with one attached hydrogen (secondary N) is 1. The summed E-state index contributed by atoms with van der Waals surface area (Å²) in [5, 5.41) is 14.2. The maximum Gasteiger partial charge on any atom is 0.271 e. The fourth-order valence-electron chi connectivity index (χ4n) is 3.83. The molecule has 0 spiro atoms. The van der Waals surface area contributed by atoms with Crippen LogP contribution in [0.25, 0.3) is 0 Å². The van der Waals surface area contributed by atoms with Gasteiger partial charge in [0.1, 0.15) is 12.6 Å². The van der Waals surface area contributed by atoms with Crippen LogP contribution in [-0.4, -0.2) is 49.2 Å². The molecule has 0 radical (unpaired) electrons. The zero-order chi connectivity index (χ0) is 28.6. The van der Waals surface area contributed by atoms with E-state index in [4.69, 9.17) is 0 Å². The van der Waals surface area contributed by atoms with Crippen LogP contribution >= 0.6 is 0 Å². The van der Waals surface area contributed by atoms with E-state index in [9.17, 15) is 28.1 Å². The molecule has 0 fully saturated rings. The first-order valence-corrected chi connectivity index (χ1v) is 13.9. The molecule has 0 aromatic heterocycles. The van der Waals surface area contributed by atoms with Crippen molar-refractivity contribution >= 4 is 33.2 Å². The molecule has 0 heterocycles. The van der Waals surface area contributed by atoms with Crippen molar-refractivity contribution in [3.05, 3.63) is 101 Å². The molecule has 0 aliphatic heterocycles. The van der Waals surface area contributed by atoms with Crippen molar-refractivity contribution in [1.82, 2.24) is 10.2 Å².